The fourth-order valence-corrected chi connectivity index (χ4v) is 4.33. The van der Waals surface area contributed by atoms with Gasteiger partial charge in [-0.1, -0.05) is 71.0 Å². The standard InChI is InChI=1S/C12H14N2.C11H13N3.C10H12N2O/c1-8(2)9-3-4-11-10(7-9)5-6-14-12(11)13;1-7(2)10-5-8-3-4-13-11(12)9(8)6-14-10;1-6(2)7-3-4-8-9(5-7)13-12-10(8)11/h3-8H,1-2H3,(H2,13,14);3-7H,1-2H3,(H2,12,13);3-6H,1-2H3,(H2,11,12). The molecule has 0 aliphatic rings. The van der Waals surface area contributed by atoms with Crippen LogP contribution in [0.2, 0.25) is 0 Å². The second-order valence-corrected chi connectivity index (χ2v) is 11.0. The Morgan fingerprint density at radius 3 is 1.73 bits per heavy atom. The number of hydrogen-bond donors (Lipinski definition) is 3. The highest BCUT2D eigenvalue weighted by Crippen LogP contribution is 2.25. The maximum Gasteiger partial charge on any atom is 0.174 e. The monoisotopic (exact) mass is 549 g/mol. The minimum atomic E-state index is 0.439. The number of pyridine rings is 3. The second-order valence-electron chi connectivity index (χ2n) is 11.0. The van der Waals surface area contributed by atoms with Crippen LogP contribution < -0.4 is 17.2 Å². The Bertz CT molecular complexity index is 1680. The molecule has 0 aliphatic heterocycles. The predicted molar refractivity (Wildman–Crippen MR) is 171 cm³/mol. The van der Waals surface area contributed by atoms with Crippen molar-refractivity contribution in [2.45, 2.75) is 59.3 Å². The van der Waals surface area contributed by atoms with E-state index in [0.717, 1.165) is 32.8 Å². The van der Waals surface area contributed by atoms with Crippen LogP contribution in [0.25, 0.3) is 32.5 Å². The average molecular weight is 550 g/mol. The van der Waals surface area contributed by atoms with E-state index in [-0.39, 0.29) is 0 Å². The predicted octanol–water partition coefficient (Wildman–Crippen LogP) is 7.81. The third kappa shape index (κ3) is 6.90. The molecule has 0 saturated carbocycles. The van der Waals surface area contributed by atoms with Crippen LogP contribution >= 0.6 is 0 Å². The lowest BCUT2D eigenvalue weighted by Gasteiger charge is -2.07. The van der Waals surface area contributed by atoms with Crippen LogP contribution in [0.15, 0.2) is 77.7 Å². The van der Waals surface area contributed by atoms with Gasteiger partial charge in [-0.3, -0.25) is 4.98 Å². The summed E-state index contributed by atoms with van der Waals surface area (Å²) in [5, 5.41) is 8.84. The van der Waals surface area contributed by atoms with Gasteiger partial charge < -0.3 is 21.7 Å². The molecule has 6 aromatic rings. The van der Waals surface area contributed by atoms with Gasteiger partial charge in [0, 0.05) is 35.1 Å². The third-order valence-corrected chi connectivity index (χ3v) is 6.97. The number of fused-ring (bicyclic) bond motifs is 3. The van der Waals surface area contributed by atoms with Gasteiger partial charge in [0.15, 0.2) is 11.4 Å². The summed E-state index contributed by atoms with van der Waals surface area (Å²) in [5.41, 5.74) is 21.5. The Kier molecular flexibility index (Phi) is 9.02. The van der Waals surface area contributed by atoms with Gasteiger partial charge in [0.1, 0.15) is 11.6 Å². The molecule has 0 unspecified atom stereocenters. The summed E-state index contributed by atoms with van der Waals surface area (Å²) < 4.78 is 5.06. The van der Waals surface area contributed by atoms with Crippen LogP contribution in [0.3, 0.4) is 0 Å². The number of nitrogens with two attached hydrogens (primary N) is 3. The summed E-state index contributed by atoms with van der Waals surface area (Å²) in [4.78, 5) is 12.4. The number of rotatable bonds is 3. The van der Waals surface area contributed by atoms with Crippen molar-refractivity contribution in [2.24, 2.45) is 0 Å². The van der Waals surface area contributed by atoms with Crippen molar-refractivity contribution in [3.05, 3.63) is 90.0 Å². The summed E-state index contributed by atoms with van der Waals surface area (Å²) >= 11 is 0. The van der Waals surface area contributed by atoms with Gasteiger partial charge in [-0.2, -0.15) is 0 Å². The Morgan fingerprint density at radius 1 is 0.561 bits per heavy atom. The highest BCUT2D eigenvalue weighted by atomic mass is 16.5. The van der Waals surface area contributed by atoms with Crippen molar-refractivity contribution in [1.82, 2.24) is 20.1 Å². The van der Waals surface area contributed by atoms with E-state index >= 15 is 0 Å². The molecule has 0 fully saturated rings. The smallest absolute Gasteiger partial charge is 0.174 e. The highest BCUT2D eigenvalue weighted by molar-refractivity contribution is 5.91. The van der Waals surface area contributed by atoms with E-state index in [1.807, 2.05) is 30.3 Å². The van der Waals surface area contributed by atoms with Crippen molar-refractivity contribution in [1.29, 1.82) is 0 Å². The van der Waals surface area contributed by atoms with Gasteiger partial charge in [0.25, 0.3) is 0 Å². The minimum Gasteiger partial charge on any atom is -0.383 e. The van der Waals surface area contributed by atoms with Gasteiger partial charge in [0.05, 0.1) is 5.39 Å². The Labute approximate surface area is 241 Å². The number of benzene rings is 2. The number of anilines is 3. The Balaban J connectivity index is 0.000000142. The zero-order valence-electron chi connectivity index (χ0n) is 24.6. The molecule has 0 atom stereocenters. The highest BCUT2D eigenvalue weighted by Gasteiger charge is 2.07. The molecule has 6 N–H and O–H groups in total. The lowest BCUT2D eigenvalue weighted by atomic mass is 10.00. The molecular formula is C33H39N7O. The van der Waals surface area contributed by atoms with Crippen LogP contribution in [-0.4, -0.2) is 20.1 Å². The summed E-state index contributed by atoms with van der Waals surface area (Å²) in [5.74, 6) is 3.10. The summed E-state index contributed by atoms with van der Waals surface area (Å²) in [6.45, 7) is 12.9. The first-order chi connectivity index (χ1) is 19.5. The Morgan fingerprint density at radius 2 is 1.12 bits per heavy atom. The van der Waals surface area contributed by atoms with Crippen LogP contribution in [0.1, 0.15) is 76.1 Å². The molecule has 0 saturated heterocycles. The number of hydrogen-bond acceptors (Lipinski definition) is 8. The molecule has 4 heterocycles. The molecule has 2 aromatic carbocycles. The first kappa shape index (κ1) is 29.3. The number of nitrogen functional groups attached to an aromatic ring is 3. The van der Waals surface area contributed by atoms with Crippen LogP contribution in [0.4, 0.5) is 17.5 Å². The molecule has 212 valence electrons. The second kappa shape index (κ2) is 12.6. The van der Waals surface area contributed by atoms with Crippen molar-refractivity contribution in [3.63, 3.8) is 0 Å². The van der Waals surface area contributed by atoms with Gasteiger partial charge >= 0.3 is 0 Å². The fourth-order valence-electron chi connectivity index (χ4n) is 4.33. The van der Waals surface area contributed by atoms with Gasteiger partial charge in [-0.25, -0.2) is 9.97 Å². The van der Waals surface area contributed by atoms with E-state index in [1.54, 1.807) is 18.6 Å². The average Bonchev–Trinajstić information content (AvgIpc) is 3.33. The number of nitrogens with zero attached hydrogens (tertiary/aromatic N) is 4. The Hall–Kier alpha value is -4.72. The van der Waals surface area contributed by atoms with E-state index in [2.05, 4.69) is 85.9 Å². The third-order valence-electron chi connectivity index (χ3n) is 6.97. The van der Waals surface area contributed by atoms with Crippen molar-refractivity contribution < 1.29 is 4.52 Å². The lowest BCUT2D eigenvalue weighted by molar-refractivity contribution is 0.460. The minimum absolute atomic E-state index is 0.439. The van der Waals surface area contributed by atoms with E-state index in [9.17, 15) is 0 Å². The molecular weight excluding hydrogens is 510 g/mol. The van der Waals surface area contributed by atoms with E-state index in [0.29, 0.717) is 35.2 Å². The van der Waals surface area contributed by atoms with E-state index in [4.69, 9.17) is 21.7 Å². The largest absolute Gasteiger partial charge is 0.383 e. The molecule has 0 spiro atoms. The first-order valence-corrected chi connectivity index (χ1v) is 13.8. The SMILES string of the molecule is CC(C)c1cc2ccnc(N)c2cn1.CC(C)c1ccc2c(N)nccc2c1.CC(C)c1ccc2c(N)noc2c1. The van der Waals surface area contributed by atoms with Crippen molar-refractivity contribution in [3.8, 4) is 0 Å². The molecule has 8 heteroatoms. The zero-order valence-corrected chi connectivity index (χ0v) is 24.6. The molecule has 6 rings (SSSR count). The van der Waals surface area contributed by atoms with Crippen LogP contribution in [0, 0.1) is 0 Å². The summed E-state index contributed by atoms with van der Waals surface area (Å²) in [6.07, 6.45) is 5.27. The number of aromatic nitrogens is 4. The normalized spacial score (nSPS) is 11.1. The molecule has 0 bridgehead atoms. The van der Waals surface area contributed by atoms with E-state index < -0.39 is 0 Å². The van der Waals surface area contributed by atoms with Crippen molar-refractivity contribution >= 4 is 50.0 Å². The summed E-state index contributed by atoms with van der Waals surface area (Å²) in [6, 6.07) is 18.4. The zero-order chi connectivity index (χ0) is 29.7. The van der Waals surface area contributed by atoms with Crippen LogP contribution in [0.5, 0.6) is 0 Å². The fraction of sp³-hybridized carbons (Fsp3) is 0.273. The molecule has 8 nitrogen and oxygen atoms in total. The quantitative estimate of drug-likeness (QED) is 0.203. The molecule has 41 heavy (non-hydrogen) atoms. The maximum absolute atomic E-state index is 5.77. The summed E-state index contributed by atoms with van der Waals surface area (Å²) in [7, 11) is 0. The van der Waals surface area contributed by atoms with Crippen LogP contribution in [-0.2, 0) is 0 Å². The maximum atomic E-state index is 5.77. The molecule has 0 amide bonds. The van der Waals surface area contributed by atoms with Gasteiger partial charge in [-0.05, 0) is 70.0 Å². The van der Waals surface area contributed by atoms with Gasteiger partial charge in [-0.15, -0.1) is 0 Å². The van der Waals surface area contributed by atoms with Crippen molar-refractivity contribution in [2.75, 3.05) is 17.2 Å². The lowest BCUT2D eigenvalue weighted by Crippen LogP contribution is -1.95. The van der Waals surface area contributed by atoms with E-state index in [1.165, 1.54) is 16.5 Å². The molecule has 0 aliphatic carbocycles. The first-order valence-electron chi connectivity index (χ1n) is 13.8. The molecule has 0 radical (unpaired) electrons. The molecule has 4 aromatic heterocycles. The topological polar surface area (TPSA) is 143 Å². The van der Waals surface area contributed by atoms with Gasteiger partial charge in [0.2, 0.25) is 0 Å².